The SMILES string of the molecule is COc1c(C)cc2c(c1C)C(N)CC2. The molecule has 1 aromatic rings. The summed E-state index contributed by atoms with van der Waals surface area (Å²) < 4.78 is 5.39. The van der Waals surface area contributed by atoms with Crippen molar-refractivity contribution < 1.29 is 4.74 Å². The molecule has 1 aromatic carbocycles. The molecule has 0 aliphatic heterocycles. The van der Waals surface area contributed by atoms with Gasteiger partial charge in [-0.2, -0.15) is 0 Å². The molecule has 0 heterocycles. The van der Waals surface area contributed by atoms with Gasteiger partial charge in [0.15, 0.2) is 0 Å². The van der Waals surface area contributed by atoms with Gasteiger partial charge in [-0.3, -0.25) is 0 Å². The van der Waals surface area contributed by atoms with Crippen molar-refractivity contribution >= 4 is 0 Å². The highest BCUT2D eigenvalue weighted by atomic mass is 16.5. The summed E-state index contributed by atoms with van der Waals surface area (Å²) in [5.74, 6) is 1.00. The Morgan fingerprint density at radius 3 is 2.79 bits per heavy atom. The number of nitrogens with two attached hydrogens (primary N) is 1. The summed E-state index contributed by atoms with van der Waals surface area (Å²) >= 11 is 0. The van der Waals surface area contributed by atoms with Crippen LogP contribution in [-0.4, -0.2) is 7.11 Å². The van der Waals surface area contributed by atoms with E-state index in [4.69, 9.17) is 10.5 Å². The van der Waals surface area contributed by atoms with Crippen LogP contribution in [0.15, 0.2) is 6.07 Å². The Bertz CT molecular complexity index is 371. The molecule has 1 unspecified atom stereocenters. The highest BCUT2D eigenvalue weighted by molar-refractivity contribution is 5.52. The van der Waals surface area contributed by atoms with Gasteiger partial charge in [-0.05, 0) is 48.9 Å². The number of methoxy groups -OCH3 is 1. The fraction of sp³-hybridized carbons (Fsp3) is 0.500. The Balaban J connectivity index is 2.64. The first kappa shape index (κ1) is 9.53. The second-order valence-corrected chi connectivity index (χ2v) is 4.07. The molecule has 1 atom stereocenters. The highest BCUT2D eigenvalue weighted by Gasteiger charge is 2.23. The van der Waals surface area contributed by atoms with Gasteiger partial charge in [0, 0.05) is 6.04 Å². The maximum atomic E-state index is 6.07. The first-order valence-corrected chi connectivity index (χ1v) is 5.07. The Kier molecular flexibility index (Phi) is 2.23. The Morgan fingerprint density at radius 2 is 2.14 bits per heavy atom. The van der Waals surface area contributed by atoms with Crippen LogP contribution in [0.2, 0.25) is 0 Å². The average Bonchev–Trinajstić information content (AvgIpc) is 2.48. The molecule has 14 heavy (non-hydrogen) atoms. The number of hydrogen-bond donors (Lipinski definition) is 1. The van der Waals surface area contributed by atoms with Crippen LogP contribution in [-0.2, 0) is 6.42 Å². The molecule has 0 fully saturated rings. The minimum absolute atomic E-state index is 0.208. The lowest BCUT2D eigenvalue weighted by Crippen LogP contribution is -2.08. The topological polar surface area (TPSA) is 35.2 Å². The van der Waals surface area contributed by atoms with Crippen LogP contribution in [0.4, 0.5) is 0 Å². The predicted molar refractivity (Wildman–Crippen MR) is 57.7 cm³/mol. The van der Waals surface area contributed by atoms with Crippen LogP contribution < -0.4 is 10.5 Å². The number of aryl methyl sites for hydroxylation is 2. The molecule has 0 saturated heterocycles. The number of benzene rings is 1. The van der Waals surface area contributed by atoms with Crippen molar-refractivity contribution in [1.82, 2.24) is 0 Å². The van der Waals surface area contributed by atoms with E-state index >= 15 is 0 Å². The zero-order chi connectivity index (χ0) is 10.3. The fourth-order valence-electron chi connectivity index (χ4n) is 2.56. The van der Waals surface area contributed by atoms with Crippen LogP contribution in [0.5, 0.6) is 5.75 Å². The van der Waals surface area contributed by atoms with Crippen molar-refractivity contribution in [2.75, 3.05) is 7.11 Å². The lowest BCUT2D eigenvalue weighted by Gasteiger charge is -2.15. The summed E-state index contributed by atoms with van der Waals surface area (Å²) in [5, 5.41) is 0. The van der Waals surface area contributed by atoms with E-state index in [1.165, 1.54) is 22.3 Å². The quantitative estimate of drug-likeness (QED) is 0.739. The van der Waals surface area contributed by atoms with E-state index < -0.39 is 0 Å². The summed E-state index contributed by atoms with van der Waals surface area (Å²) in [6.45, 7) is 4.20. The van der Waals surface area contributed by atoms with Gasteiger partial charge >= 0.3 is 0 Å². The molecule has 0 spiro atoms. The van der Waals surface area contributed by atoms with E-state index in [0.29, 0.717) is 0 Å². The molecule has 0 amide bonds. The average molecular weight is 191 g/mol. The molecule has 2 rings (SSSR count). The normalized spacial score (nSPS) is 19.6. The molecule has 2 N–H and O–H groups in total. The van der Waals surface area contributed by atoms with Crippen molar-refractivity contribution in [3.63, 3.8) is 0 Å². The summed E-state index contributed by atoms with van der Waals surface area (Å²) in [7, 11) is 1.72. The van der Waals surface area contributed by atoms with E-state index in [1.54, 1.807) is 7.11 Å². The van der Waals surface area contributed by atoms with Crippen LogP contribution in [0, 0.1) is 13.8 Å². The van der Waals surface area contributed by atoms with E-state index in [-0.39, 0.29) is 6.04 Å². The van der Waals surface area contributed by atoms with Crippen LogP contribution in [0.25, 0.3) is 0 Å². The van der Waals surface area contributed by atoms with Gasteiger partial charge in [0.05, 0.1) is 7.11 Å². The van der Waals surface area contributed by atoms with Crippen molar-refractivity contribution in [2.24, 2.45) is 5.73 Å². The first-order valence-electron chi connectivity index (χ1n) is 5.07. The Morgan fingerprint density at radius 1 is 1.43 bits per heavy atom. The summed E-state index contributed by atoms with van der Waals surface area (Å²) in [5.41, 5.74) is 11.2. The third kappa shape index (κ3) is 1.22. The Labute approximate surface area is 85.1 Å². The van der Waals surface area contributed by atoms with Crippen molar-refractivity contribution in [2.45, 2.75) is 32.7 Å². The van der Waals surface area contributed by atoms with Crippen LogP contribution in [0.3, 0.4) is 0 Å². The molecule has 0 bridgehead atoms. The summed E-state index contributed by atoms with van der Waals surface area (Å²) in [4.78, 5) is 0. The second kappa shape index (κ2) is 3.28. The lowest BCUT2D eigenvalue weighted by atomic mass is 9.98. The zero-order valence-electron chi connectivity index (χ0n) is 9.05. The number of rotatable bonds is 1. The second-order valence-electron chi connectivity index (χ2n) is 4.07. The third-order valence-corrected chi connectivity index (χ3v) is 3.14. The molecule has 1 aliphatic rings. The zero-order valence-corrected chi connectivity index (χ0v) is 9.05. The van der Waals surface area contributed by atoms with Crippen LogP contribution in [0.1, 0.15) is 34.7 Å². The van der Waals surface area contributed by atoms with E-state index in [9.17, 15) is 0 Å². The maximum Gasteiger partial charge on any atom is 0.125 e. The fourth-order valence-corrected chi connectivity index (χ4v) is 2.56. The van der Waals surface area contributed by atoms with Crippen molar-refractivity contribution in [3.8, 4) is 5.75 Å². The van der Waals surface area contributed by atoms with Gasteiger partial charge in [-0.15, -0.1) is 0 Å². The molecule has 0 aromatic heterocycles. The monoisotopic (exact) mass is 191 g/mol. The smallest absolute Gasteiger partial charge is 0.125 e. The standard InChI is InChI=1S/C12H17NO/c1-7-6-9-4-5-10(13)11(9)8(2)12(7)14-3/h6,10H,4-5,13H2,1-3H3. The number of ether oxygens (including phenoxy) is 1. The van der Waals surface area contributed by atoms with Gasteiger partial charge in [0.25, 0.3) is 0 Å². The number of hydrogen-bond acceptors (Lipinski definition) is 2. The van der Waals surface area contributed by atoms with Gasteiger partial charge in [-0.25, -0.2) is 0 Å². The van der Waals surface area contributed by atoms with Crippen molar-refractivity contribution in [3.05, 3.63) is 28.3 Å². The van der Waals surface area contributed by atoms with Gasteiger partial charge < -0.3 is 10.5 Å². The summed E-state index contributed by atoms with van der Waals surface area (Å²) in [6, 6.07) is 2.42. The van der Waals surface area contributed by atoms with Gasteiger partial charge in [0.2, 0.25) is 0 Å². The van der Waals surface area contributed by atoms with Crippen molar-refractivity contribution in [1.29, 1.82) is 0 Å². The molecule has 76 valence electrons. The molecular formula is C12H17NO. The predicted octanol–water partition coefficient (Wildman–Crippen LogP) is 2.26. The molecule has 2 heteroatoms. The van der Waals surface area contributed by atoms with E-state index in [0.717, 1.165) is 18.6 Å². The number of fused-ring (bicyclic) bond motifs is 1. The highest BCUT2D eigenvalue weighted by Crippen LogP contribution is 2.38. The van der Waals surface area contributed by atoms with Gasteiger partial charge in [-0.1, -0.05) is 6.07 Å². The summed E-state index contributed by atoms with van der Waals surface area (Å²) in [6.07, 6.45) is 2.19. The van der Waals surface area contributed by atoms with Gasteiger partial charge in [0.1, 0.15) is 5.75 Å². The minimum atomic E-state index is 0.208. The largest absolute Gasteiger partial charge is 0.496 e. The van der Waals surface area contributed by atoms with E-state index in [1.807, 2.05) is 0 Å². The van der Waals surface area contributed by atoms with E-state index in [2.05, 4.69) is 19.9 Å². The molecule has 1 aliphatic carbocycles. The molecule has 0 saturated carbocycles. The minimum Gasteiger partial charge on any atom is -0.496 e. The molecule has 2 nitrogen and oxygen atoms in total. The lowest BCUT2D eigenvalue weighted by molar-refractivity contribution is 0.407. The Hall–Kier alpha value is -1.02. The third-order valence-electron chi connectivity index (χ3n) is 3.14. The maximum absolute atomic E-state index is 6.07. The molecule has 0 radical (unpaired) electrons. The van der Waals surface area contributed by atoms with Crippen LogP contribution >= 0.6 is 0 Å². The molecular weight excluding hydrogens is 174 g/mol. The first-order chi connectivity index (χ1) is 6.65.